The summed E-state index contributed by atoms with van der Waals surface area (Å²) in [6, 6.07) is 24.1. The lowest BCUT2D eigenvalue weighted by Gasteiger charge is -2.15. The summed E-state index contributed by atoms with van der Waals surface area (Å²) in [5.41, 5.74) is 2.71. The number of rotatable bonds is 8. The fraction of sp³-hybridized carbons (Fsp3) is 0.167. The Balaban J connectivity index is 1.62. The predicted molar refractivity (Wildman–Crippen MR) is 118 cm³/mol. The van der Waals surface area contributed by atoms with Gasteiger partial charge in [-0.2, -0.15) is 0 Å². The van der Waals surface area contributed by atoms with Crippen LogP contribution in [0.5, 0.6) is 5.75 Å². The topological polar surface area (TPSA) is 71.9 Å². The highest BCUT2D eigenvalue weighted by Crippen LogP contribution is 2.19. The molecular weight excluding hydrogens is 378 g/mol. The van der Waals surface area contributed by atoms with Crippen molar-refractivity contribution in [3.63, 3.8) is 0 Å². The van der Waals surface area contributed by atoms with E-state index in [1.165, 1.54) is 5.56 Å². The van der Waals surface area contributed by atoms with Crippen LogP contribution in [0.4, 0.5) is 11.4 Å². The minimum Gasteiger partial charge on any atom is -0.497 e. The second kappa shape index (κ2) is 10.2. The Kier molecular flexibility index (Phi) is 7.19. The lowest BCUT2D eigenvalue weighted by Crippen LogP contribution is -3.08. The van der Waals surface area contributed by atoms with E-state index < -0.39 is 0 Å². The summed E-state index contributed by atoms with van der Waals surface area (Å²) in [4.78, 5) is 26.3. The number of anilines is 2. The third-order valence-electron chi connectivity index (χ3n) is 4.60. The summed E-state index contributed by atoms with van der Waals surface area (Å²) < 4.78 is 5.13. The minimum absolute atomic E-state index is 0.145. The van der Waals surface area contributed by atoms with Gasteiger partial charge >= 0.3 is 0 Å². The van der Waals surface area contributed by atoms with Crippen molar-refractivity contribution in [3.05, 3.63) is 90.0 Å². The van der Waals surface area contributed by atoms with Gasteiger partial charge in [0.25, 0.3) is 11.8 Å². The van der Waals surface area contributed by atoms with Crippen LogP contribution in [0.15, 0.2) is 78.9 Å². The van der Waals surface area contributed by atoms with Crippen LogP contribution in [-0.2, 0) is 11.3 Å². The average molecular weight is 404 g/mol. The van der Waals surface area contributed by atoms with E-state index in [9.17, 15) is 9.59 Å². The SMILES string of the molecule is COc1ccc(NC(=O)c2ccccc2NC(=O)C[NH+](C)Cc2ccccc2)cc1. The molecule has 0 radical (unpaired) electrons. The quantitative estimate of drug-likeness (QED) is 0.540. The summed E-state index contributed by atoms with van der Waals surface area (Å²) in [5.74, 6) is 0.275. The molecule has 0 bridgehead atoms. The molecule has 3 N–H and O–H groups in total. The van der Waals surface area contributed by atoms with Gasteiger partial charge in [-0.3, -0.25) is 9.59 Å². The number of nitrogens with one attached hydrogen (secondary N) is 3. The Morgan fingerprint density at radius 3 is 2.23 bits per heavy atom. The molecule has 3 rings (SSSR count). The molecule has 0 saturated carbocycles. The van der Waals surface area contributed by atoms with Crippen molar-refractivity contribution in [1.29, 1.82) is 0 Å². The van der Waals surface area contributed by atoms with Gasteiger partial charge in [-0.25, -0.2) is 0 Å². The lowest BCUT2D eigenvalue weighted by atomic mass is 10.1. The van der Waals surface area contributed by atoms with Gasteiger partial charge in [-0.1, -0.05) is 42.5 Å². The largest absolute Gasteiger partial charge is 0.497 e. The summed E-state index contributed by atoms with van der Waals surface area (Å²) >= 11 is 0. The highest BCUT2D eigenvalue weighted by molar-refractivity contribution is 6.10. The first-order chi connectivity index (χ1) is 14.5. The smallest absolute Gasteiger partial charge is 0.279 e. The number of quaternary nitrogens is 1. The molecule has 6 heteroatoms. The number of likely N-dealkylation sites (N-methyl/N-ethyl adjacent to an activating group) is 1. The monoisotopic (exact) mass is 404 g/mol. The number of ether oxygens (including phenoxy) is 1. The van der Waals surface area contributed by atoms with Crippen LogP contribution in [0.3, 0.4) is 0 Å². The molecule has 2 amide bonds. The average Bonchev–Trinajstić information content (AvgIpc) is 2.75. The first-order valence-corrected chi connectivity index (χ1v) is 9.74. The van der Waals surface area contributed by atoms with Crippen molar-refractivity contribution < 1.29 is 19.2 Å². The Labute approximate surface area is 176 Å². The maximum Gasteiger partial charge on any atom is 0.279 e. The van der Waals surface area contributed by atoms with Gasteiger partial charge in [-0.15, -0.1) is 0 Å². The standard InChI is InChI=1S/C24H25N3O3/c1-27(16-18-8-4-3-5-9-18)17-23(28)26-22-11-7-6-10-21(22)24(29)25-19-12-14-20(30-2)15-13-19/h3-15H,16-17H2,1-2H3,(H,25,29)(H,26,28)/p+1. The molecule has 0 spiro atoms. The van der Waals surface area contributed by atoms with Gasteiger partial charge < -0.3 is 20.3 Å². The molecule has 0 aliphatic rings. The molecule has 0 aromatic heterocycles. The van der Waals surface area contributed by atoms with Crippen LogP contribution in [-0.4, -0.2) is 32.5 Å². The number of hydrogen-bond acceptors (Lipinski definition) is 3. The second-order valence-corrected chi connectivity index (χ2v) is 7.07. The Morgan fingerprint density at radius 2 is 1.53 bits per heavy atom. The van der Waals surface area contributed by atoms with Gasteiger partial charge in [0, 0.05) is 11.3 Å². The van der Waals surface area contributed by atoms with Gasteiger partial charge in [-0.05, 0) is 36.4 Å². The van der Waals surface area contributed by atoms with Crippen molar-refractivity contribution in [1.82, 2.24) is 0 Å². The molecule has 0 saturated heterocycles. The van der Waals surface area contributed by atoms with Crippen LogP contribution in [0.25, 0.3) is 0 Å². The molecule has 154 valence electrons. The number of benzene rings is 3. The number of methoxy groups -OCH3 is 1. The first-order valence-electron chi connectivity index (χ1n) is 9.74. The van der Waals surface area contributed by atoms with E-state index in [1.54, 1.807) is 55.6 Å². The second-order valence-electron chi connectivity index (χ2n) is 7.07. The van der Waals surface area contributed by atoms with Gasteiger partial charge in [0.1, 0.15) is 12.3 Å². The number of para-hydroxylation sites is 1. The highest BCUT2D eigenvalue weighted by Gasteiger charge is 2.16. The number of carbonyl (C=O) groups excluding carboxylic acids is 2. The molecule has 6 nitrogen and oxygen atoms in total. The molecule has 0 aliphatic carbocycles. The Bertz CT molecular complexity index is 988. The number of hydrogen-bond donors (Lipinski definition) is 3. The molecular formula is C24H26N3O3+. The van der Waals surface area contributed by atoms with Crippen molar-refractivity contribution in [3.8, 4) is 5.75 Å². The zero-order chi connectivity index (χ0) is 21.3. The van der Waals surface area contributed by atoms with Crippen molar-refractivity contribution >= 4 is 23.2 Å². The molecule has 0 heterocycles. The van der Waals surface area contributed by atoms with Crippen molar-refractivity contribution in [2.24, 2.45) is 0 Å². The Hall–Kier alpha value is -3.64. The lowest BCUT2D eigenvalue weighted by molar-refractivity contribution is -0.885. The van der Waals surface area contributed by atoms with Gasteiger partial charge in [0.15, 0.2) is 6.54 Å². The summed E-state index contributed by atoms with van der Waals surface area (Å²) in [7, 11) is 3.56. The summed E-state index contributed by atoms with van der Waals surface area (Å²) in [5, 5.41) is 5.72. The Morgan fingerprint density at radius 1 is 0.867 bits per heavy atom. The van der Waals surface area contributed by atoms with Crippen molar-refractivity contribution in [2.75, 3.05) is 31.3 Å². The maximum absolute atomic E-state index is 12.7. The fourth-order valence-corrected chi connectivity index (χ4v) is 3.14. The van der Waals surface area contributed by atoms with E-state index in [2.05, 4.69) is 10.6 Å². The zero-order valence-electron chi connectivity index (χ0n) is 17.1. The van der Waals surface area contributed by atoms with E-state index in [0.717, 1.165) is 11.4 Å². The molecule has 0 aliphatic heterocycles. The van der Waals surface area contributed by atoms with E-state index in [-0.39, 0.29) is 11.8 Å². The van der Waals surface area contributed by atoms with Crippen LogP contribution in [0.2, 0.25) is 0 Å². The minimum atomic E-state index is -0.291. The molecule has 3 aromatic rings. The zero-order valence-corrected chi connectivity index (χ0v) is 17.1. The molecule has 3 aromatic carbocycles. The number of carbonyl (C=O) groups is 2. The third-order valence-corrected chi connectivity index (χ3v) is 4.60. The van der Waals surface area contributed by atoms with Gasteiger partial charge in [0.05, 0.1) is 25.4 Å². The van der Waals surface area contributed by atoms with Gasteiger partial charge in [0.2, 0.25) is 0 Å². The van der Waals surface area contributed by atoms with E-state index >= 15 is 0 Å². The van der Waals surface area contributed by atoms with E-state index in [1.807, 2.05) is 37.4 Å². The fourth-order valence-electron chi connectivity index (χ4n) is 3.14. The first kappa shape index (κ1) is 21.1. The number of amides is 2. The summed E-state index contributed by atoms with van der Waals surface area (Å²) in [6.07, 6.45) is 0. The van der Waals surface area contributed by atoms with Crippen LogP contribution < -0.4 is 20.3 Å². The molecule has 30 heavy (non-hydrogen) atoms. The van der Waals surface area contributed by atoms with E-state index in [4.69, 9.17) is 4.74 Å². The normalized spacial score (nSPS) is 11.4. The van der Waals surface area contributed by atoms with Crippen LogP contribution in [0, 0.1) is 0 Å². The molecule has 1 atom stereocenters. The molecule has 1 unspecified atom stereocenters. The third kappa shape index (κ3) is 5.93. The summed E-state index contributed by atoms with van der Waals surface area (Å²) in [6.45, 7) is 1.04. The van der Waals surface area contributed by atoms with Crippen molar-refractivity contribution in [2.45, 2.75) is 6.54 Å². The predicted octanol–water partition coefficient (Wildman–Crippen LogP) is 2.60. The maximum atomic E-state index is 12.7. The van der Waals surface area contributed by atoms with Crippen LogP contribution >= 0.6 is 0 Å². The van der Waals surface area contributed by atoms with Crippen LogP contribution in [0.1, 0.15) is 15.9 Å². The van der Waals surface area contributed by atoms with E-state index in [0.29, 0.717) is 29.2 Å². The molecule has 0 fully saturated rings. The highest BCUT2D eigenvalue weighted by atomic mass is 16.5.